The average Bonchev–Trinajstić information content (AvgIpc) is 2.64. The number of ether oxygens (including phenoxy) is 1. The summed E-state index contributed by atoms with van der Waals surface area (Å²) in [5.41, 5.74) is 1.23. The molecule has 2 heterocycles. The number of aromatic amines is 1. The number of rotatable bonds is 8. The zero-order valence-corrected chi connectivity index (χ0v) is 15.4. The van der Waals surface area contributed by atoms with Crippen molar-refractivity contribution in [2.24, 2.45) is 0 Å². The fourth-order valence-corrected chi connectivity index (χ4v) is 3.22. The molecular formula is C19H22N4O4. The van der Waals surface area contributed by atoms with Crippen LogP contribution in [-0.4, -0.2) is 32.9 Å². The monoisotopic (exact) mass is 370 g/mol. The van der Waals surface area contributed by atoms with Gasteiger partial charge in [-0.05, 0) is 31.4 Å². The molecule has 3 rings (SSSR count). The number of H-pyrrole nitrogens is 1. The SMILES string of the molecule is COc1cc2c(cc1C)nc1c(=O)[nH]c(=O)nc-1n2CCCCCCC=O. The molecule has 0 saturated heterocycles. The largest absolute Gasteiger partial charge is 0.496 e. The molecular weight excluding hydrogens is 348 g/mol. The number of methoxy groups -OCH3 is 1. The highest BCUT2D eigenvalue weighted by atomic mass is 16.5. The van der Waals surface area contributed by atoms with Crippen molar-refractivity contribution in [1.29, 1.82) is 0 Å². The Balaban J connectivity index is 2.09. The number of hydrogen-bond acceptors (Lipinski definition) is 6. The van der Waals surface area contributed by atoms with Gasteiger partial charge >= 0.3 is 5.69 Å². The van der Waals surface area contributed by atoms with Gasteiger partial charge in [0, 0.05) is 19.0 Å². The third-order valence-corrected chi connectivity index (χ3v) is 4.58. The molecule has 1 N–H and O–H groups in total. The van der Waals surface area contributed by atoms with Gasteiger partial charge in [-0.25, -0.2) is 9.78 Å². The third-order valence-electron chi connectivity index (χ3n) is 4.58. The van der Waals surface area contributed by atoms with Crippen molar-refractivity contribution in [2.75, 3.05) is 7.11 Å². The highest BCUT2D eigenvalue weighted by molar-refractivity contribution is 5.81. The first-order chi connectivity index (χ1) is 13.0. The minimum absolute atomic E-state index is 0.146. The van der Waals surface area contributed by atoms with Gasteiger partial charge in [-0.15, -0.1) is 0 Å². The molecule has 0 atom stereocenters. The number of unbranched alkanes of at least 4 members (excludes halogenated alkanes) is 4. The van der Waals surface area contributed by atoms with E-state index < -0.39 is 11.2 Å². The van der Waals surface area contributed by atoms with E-state index in [4.69, 9.17) is 4.74 Å². The average molecular weight is 370 g/mol. The van der Waals surface area contributed by atoms with Gasteiger partial charge < -0.3 is 14.1 Å². The molecule has 8 nitrogen and oxygen atoms in total. The van der Waals surface area contributed by atoms with Crippen LogP contribution in [-0.2, 0) is 11.3 Å². The van der Waals surface area contributed by atoms with Gasteiger partial charge in [-0.3, -0.25) is 9.78 Å². The number of nitrogens with one attached hydrogen (secondary N) is 1. The molecule has 1 aromatic rings. The van der Waals surface area contributed by atoms with Crippen LogP contribution < -0.4 is 16.0 Å². The lowest BCUT2D eigenvalue weighted by Gasteiger charge is -2.18. The summed E-state index contributed by atoms with van der Waals surface area (Å²) in [6.07, 6.45) is 5.07. The van der Waals surface area contributed by atoms with E-state index >= 15 is 0 Å². The fraction of sp³-hybridized carbons (Fsp3) is 0.421. The van der Waals surface area contributed by atoms with Crippen molar-refractivity contribution in [2.45, 2.75) is 45.6 Å². The summed E-state index contributed by atoms with van der Waals surface area (Å²) in [4.78, 5) is 45.0. The number of aldehydes is 1. The van der Waals surface area contributed by atoms with Crippen LogP contribution in [0.1, 0.15) is 37.7 Å². The predicted octanol–water partition coefficient (Wildman–Crippen LogP) is 2.05. The number of nitrogens with zero attached hydrogens (tertiary/aromatic N) is 3. The molecule has 0 radical (unpaired) electrons. The number of fused-ring (bicyclic) bond motifs is 2. The standard InChI is InChI=1S/C19H22N4O4/c1-12-10-13-14(11-15(12)27-2)23(8-6-4-3-5-7-9-24)17-16(20-13)18(25)22-19(26)21-17/h9-11H,3-8H2,1-2H3,(H,22,25,26). The summed E-state index contributed by atoms with van der Waals surface area (Å²) in [7, 11) is 1.60. The zero-order valence-electron chi connectivity index (χ0n) is 15.4. The molecule has 0 aromatic heterocycles. The molecule has 142 valence electrons. The maximum absolute atomic E-state index is 12.2. The Kier molecular flexibility index (Phi) is 5.63. The minimum atomic E-state index is -0.688. The van der Waals surface area contributed by atoms with E-state index in [0.29, 0.717) is 24.2 Å². The molecule has 0 amide bonds. The maximum Gasteiger partial charge on any atom is 0.349 e. The van der Waals surface area contributed by atoms with Crippen LogP contribution in [0.15, 0.2) is 21.7 Å². The second-order valence-electron chi connectivity index (χ2n) is 6.49. The lowest BCUT2D eigenvalue weighted by atomic mass is 10.1. The van der Waals surface area contributed by atoms with Gasteiger partial charge in [-0.1, -0.05) is 12.8 Å². The van der Waals surface area contributed by atoms with Crippen LogP contribution in [0.3, 0.4) is 0 Å². The number of carbonyl (C=O) groups is 1. The van der Waals surface area contributed by atoms with Crippen LogP contribution in [0, 0.1) is 6.92 Å². The number of carbonyl (C=O) groups excluding carboxylic acids is 1. The van der Waals surface area contributed by atoms with Gasteiger partial charge in [0.05, 0.1) is 18.1 Å². The molecule has 2 aliphatic heterocycles. The normalized spacial score (nSPS) is 11.2. The first-order valence-electron chi connectivity index (χ1n) is 8.98. The Labute approximate surface area is 155 Å². The number of aryl methyl sites for hydroxylation is 2. The molecule has 0 aliphatic carbocycles. The Morgan fingerprint density at radius 3 is 2.67 bits per heavy atom. The summed E-state index contributed by atoms with van der Waals surface area (Å²) in [5.74, 6) is 0.977. The van der Waals surface area contributed by atoms with Gasteiger partial charge in [0.1, 0.15) is 12.0 Å². The Bertz CT molecular complexity index is 1050. The van der Waals surface area contributed by atoms with E-state index in [9.17, 15) is 14.4 Å². The minimum Gasteiger partial charge on any atom is -0.496 e. The fourth-order valence-electron chi connectivity index (χ4n) is 3.22. The summed E-state index contributed by atoms with van der Waals surface area (Å²) < 4.78 is 7.27. The Hall–Kier alpha value is -3.03. The summed E-state index contributed by atoms with van der Waals surface area (Å²) in [5, 5.41) is 0. The van der Waals surface area contributed by atoms with Crippen molar-refractivity contribution in [3.63, 3.8) is 0 Å². The highest BCUT2D eigenvalue weighted by Crippen LogP contribution is 2.28. The van der Waals surface area contributed by atoms with Crippen LogP contribution >= 0.6 is 0 Å². The smallest absolute Gasteiger partial charge is 0.349 e. The van der Waals surface area contributed by atoms with Crippen molar-refractivity contribution in [3.8, 4) is 17.3 Å². The van der Waals surface area contributed by atoms with Gasteiger partial charge in [0.2, 0.25) is 0 Å². The second kappa shape index (κ2) is 8.11. The van der Waals surface area contributed by atoms with E-state index in [-0.39, 0.29) is 11.5 Å². The van der Waals surface area contributed by atoms with Crippen molar-refractivity contribution in [1.82, 2.24) is 19.5 Å². The molecule has 0 bridgehead atoms. The lowest BCUT2D eigenvalue weighted by molar-refractivity contribution is -0.107. The molecule has 2 aliphatic rings. The van der Waals surface area contributed by atoms with Gasteiger partial charge in [0.25, 0.3) is 5.56 Å². The third kappa shape index (κ3) is 3.89. The summed E-state index contributed by atoms with van der Waals surface area (Å²) in [6, 6.07) is 3.72. The molecule has 0 spiro atoms. The maximum atomic E-state index is 12.2. The van der Waals surface area contributed by atoms with Crippen LogP contribution in [0.2, 0.25) is 0 Å². The number of hydrogen-bond donors (Lipinski definition) is 1. The number of aromatic nitrogens is 4. The molecule has 0 unspecified atom stereocenters. The van der Waals surface area contributed by atoms with Crippen LogP contribution in [0.5, 0.6) is 5.75 Å². The van der Waals surface area contributed by atoms with E-state index in [1.807, 2.05) is 23.6 Å². The zero-order chi connectivity index (χ0) is 19.4. The van der Waals surface area contributed by atoms with Gasteiger partial charge in [0.15, 0.2) is 11.5 Å². The van der Waals surface area contributed by atoms with Crippen LogP contribution in [0.25, 0.3) is 22.6 Å². The quantitative estimate of drug-likeness (QED) is 0.369. The number of benzene rings is 1. The highest BCUT2D eigenvalue weighted by Gasteiger charge is 2.19. The molecule has 8 heteroatoms. The van der Waals surface area contributed by atoms with Crippen molar-refractivity contribution < 1.29 is 9.53 Å². The van der Waals surface area contributed by atoms with E-state index in [1.165, 1.54) is 0 Å². The molecule has 27 heavy (non-hydrogen) atoms. The lowest BCUT2D eigenvalue weighted by Crippen LogP contribution is -2.29. The van der Waals surface area contributed by atoms with Crippen LogP contribution in [0.4, 0.5) is 0 Å². The summed E-state index contributed by atoms with van der Waals surface area (Å²) >= 11 is 0. The first kappa shape index (κ1) is 18.8. The van der Waals surface area contributed by atoms with E-state index in [1.54, 1.807) is 7.11 Å². The molecule has 0 fully saturated rings. The molecule has 0 saturated carbocycles. The van der Waals surface area contributed by atoms with E-state index in [2.05, 4.69) is 15.0 Å². The van der Waals surface area contributed by atoms with E-state index in [0.717, 1.165) is 43.0 Å². The predicted molar refractivity (Wildman–Crippen MR) is 101 cm³/mol. The summed E-state index contributed by atoms with van der Waals surface area (Å²) in [6.45, 7) is 2.49. The topological polar surface area (TPSA) is 107 Å². The Morgan fingerprint density at radius 2 is 1.93 bits per heavy atom. The second-order valence-corrected chi connectivity index (χ2v) is 6.49. The molecule has 1 aromatic carbocycles. The van der Waals surface area contributed by atoms with Crippen molar-refractivity contribution >= 4 is 17.3 Å². The first-order valence-corrected chi connectivity index (χ1v) is 8.98. The van der Waals surface area contributed by atoms with Gasteiger partial charge in [-0.2, -0.15) is 4.98 Å². The van der Waals surface area contributed by atoms with Crippen molar-refractivity contribution in [3.05, 3.63) is 38.5 Å². The Morgan fingerprint density at radius 1 is 1.15 bits per heavy atom.